The minimum absolute atomic E-state index is 0.0871. The Hall–Kier alpha value is -3.63. The van der Waals surface area contributed by atoms with Gasteiger partial charge in [0, 0.05) is 32.1 Å². The Kier molecular flexibility index (Phi) is 12.0. The van der Waals surface area contributed by atoms with Gasteiger partial charge in [-0.05, 0) is 42.3 Å². The maximum absolute atomic E-state index is 12.8. The van der Waals surface area contributed by atoms with E-state index in [1.54, 1.807) is 35.2 Å². The lowest BCUT2D eigenvalue weighted by atomic mass is 10.0. The molecule has 2 unspecified atom stereocenters. The number of aromatic nitrogens is 2. The first-order chi connectivity index (χ1) is 18.0. The minimum Gasteiger partial charge on any atom is -0.495 e. The highest BCUT2D eigenvalue weighted by molar-refractivity contribution is 6.32. The fraction of sp³-hybridized carbons (Fsp3) is 0.407. The molecule has 0 fully saturated rings. The van der Waals surface area contributed by atoms with Gasteiger partial charge in [0.1, 0.15) is 11.8 Å². The quantitative estimate of drug-likeness (QED) is 0.267. The van der Waals surface area contributed by atoms with Gasteiger partial charge in [-0.1, -0.05) is 43.7 Å². The molecule has 4 N–H and O–H groups in total. The Labute approximate surface area is 227 Å². The van der Waals surface area contributed by atoms with E-state index in [0.717, 1.165) is 5.69 Å². The van der Waals surface area contributed by atoms with Gasteiger partial charge >= 0.3 is 5.97 Å². The fourth-order valence-electron chi connectivity index (χ4n) is 3.42. The summed E-state index contributed by atoms with van der Waals surface area (Å²) in [4.78, 5) is 36.5. The number of aliphatic hydroxyl groups excluding tert-OH is 1. The number of hydrogen-bond acceptors (Lipinski definition) is 6. The molecule has 0 saturated heterocycles. The molecule has 4 atom stereocenters. The van der Waals surface area contributed by atoms with Gasteiger partial charge in [0.2, 0.25) is 11.8 Å². The first kappa shape index (κ1) is 30.6. The Morgan fingerprint density at radius 2 is 1.97 bits per heavy atom. The number of benzene rings is 1. The maximum Gasteiger partial charge on any atom is 0.308 e. The third-order valence-corrected chi connectivity index (χ3v) is 6.27. The van der Waals surface area contributed by atoms with E-state index in [1.165, 1.54) is 20.1 Å². The van der Waals surface area contributed by atoms with Crippen LogP contribution < -0.4 is 15.4 Å². The van der Waals surface area contributed by atoms with Crippen molar-refractivity contribution < 1.29 is 29.3 Å². The number of aliphatic carboxylic acids is 1. The monoisotopic (exact) mass is 546 g/mol. The second kappa shape index (κ2) is 14.9. The Morgan fingerprint density at radius 3 is 2.58 bits per heavy atom. The van der Waals surface area contributed by atoms with Crippen LogP contribution in [0.4, 0.5) is 0 Å². The predicted molar refractivity (Wildman–Crippen MR) is 145 cm³/mol. The molecule has 2 aromatic rings. The number of hydrogen-bond donors (Lipinski definition) is 4. The van der Waals surface area contributed by atoms with Crippen LogP contribution in [0.15, 0.2) is 48.7 Å². The zero-order valence-corrected chi connectivity index (χ0v) is 22.7. The summed E-state index contributed by atoms with van der Waals surface area (Å²) in [6.45, 7) is 3.25. The number of nitrogens with zero attached hydrogens (tertiary/aromatic N) is 2. The van der Waals surface area contributed by atoms with E-state index in [9.17, 15) is 19.5 Å². The van der Waals surface area contributed by atoms with Crippen LogP contribution >= 0.6 is 11.6 Å². The van der Waals surface area contributed by atoms with E-state index in [0.29, 0.717) is 16.3 Å². The van der Waals surface area contributed by atoms with E-state index in [1.807, 2.05) is 32.2 Å². The maximum atomic E-state index is 12.8. The highest BCUT2D eigenvalue weighted by atomic mass is 35.5. The molecule has 0 bridgehead atoms. The normalized spacial score (nSPS) is 14.7. The SMILES string of the molecule is COc1ccc(CC(NC(=O)/C=C/C[C@H](O)[C@H](C)/C=C/c2ccnn2C)C(=O)NCC(C)C(=O)O)cc1Cl. The van der Waals surface area contributed by atoms with Crippen LogP contribution in [0.5, 0.6) is 5.75 Å². The van der Waals surface area contributed by atoms with Crippen molar-refractivity contribution >= 4 is 35.5 Å². The number of carboxylic acids is 1. The van der Waals surface area contributed by atoms with E-state index >= 15 is 0 Å². The number of carboxylic acid groups (broad SMARTS) is 1. The number of nitrogens with one attached hydrogen (secondary N) is 2. The number of halogens is 1. The second-order valence-electron chi connectivity index (χ2n) is 9.02. The number of amides is 2. The fourth-order valence-corrected chi connectivity index (χ4v) is 3.70. The second-order valence-corrected chi connectivity index (χ2v) is 9.43. The van der Waals surface area contributed by atoms with Gasteiger partial charge in [-0.25, -0.2) is 0 Å². The molecule has 2 rings (SSSR count). The summed E-state index contributed by atoms with van der Waals surface area (Å²) in [6, 6.07) is 5.90. The number of methoxy groups -OCH3 is 1. The van der Waals surface area contributed by atoms with Crippen molar-refractivity contribution in [3.63, 3.8) is 0 Å². The first-order valence-corrected chi connectivity index (χ1v) is 12.5. The number of aryl methyl sites for hydroxylation is 1. The molecule has 1 aromatic carbocycles. The summed E-state index contributed by atoms with van der Waals surface area (Å²) < 4.78 is 6.87. The first-order valence-electron chi connectivity index (χ1n) is 12.2. The number of carbonyl (C=O) groups excluding carboxylic acids is 2. The van der Waals surface area contributed by atoms with Crippen LogP contribution in [0.25, 0.3) is 6.08 Å². The average molecular weight is 547 g/mol. The summed E-state index contributed by atoms with van der Waals surface area (Å²) in [5, 5.41) is 29.2. The van der Waals surface area contributed by atoms with Crippen molar-refractivity contribution in [1.29, 1.82) is 0 Å². The molecule has 206 valence electrons. The van der Waals surface area contributed by atoms with Crippen LogP contribution in [0, 0.1) is 11.8 Å². The van der Waals surface area contributed by atoms with Crippen molar-refractivity contribution in [2.75, 3.05) is 13.7 Å². The third kappa shape index (κ3) is 9.68. The number of ether oxygens (including phenoxy) is 1. The molecular weight excluding hydrogens is 512 g/mol. The Balaban J connectivity index is 2.01. The van der Waals surface area contributed by atoms with Crippen molar-refractivity contribution in [2.24, 2.45) is 18.9 Å². The highest BCUT2D eigenvalue weighted by Gasteiger charge is 2.22. The van der Waals surface area contributed by atoms with Gasteiger partial charge in [-0.2, -0.15) is 5.10 Å². The van der Waals surface area contributed by atoms with Crippen LogP contribution in [-0.2, 0) is 27.9 Å². The summed E-state index contributed by atoms with van der Waals surface area (Å²) in [5.41, 5.74) is 1.58. The van der Waals surface area contributed by atoms with Crippen LogP contribution in [0.3, 0.4) is 0 Å². The lowest BCUT2D eigenvalue weighted by Gasteiger charge is -2.19. The lowest BCUT2D eigenvalue weighted by molar-refractivity contribution is -0.141. The molecular formula is C27H35ClN4O6. The number of rotatable bonds is 14. The molecule has 1 heterocycles. The van der Waals surface area contributed by atoms with Gasteiger partial charge in [0.25, 0.3) is 0 Å². The zero-order chi connectivity index (χ0) is 28.2. The molecule has 0 aliphatic rings. The smallest absolute Gasteiger partial charge is 0.308 e. The van der Waals surface area contributed by atoms with Crippen molar-refractivity contribution in [1.82, 2.24) is 20.4 Å². The van der Waals surface area contributed by atoms with E-state index in [2.05, 4.69) is 15.7 Å². The molecule has 11 heteroatoms. The predicted octanol–water partition coefficient (Wildman–Crippen LogP) is 2.60. The molecule has 0 aliphatic heterocycles. The molecule has 10 nitrogen and oxygen atoms in total. The van der Waals surface area contributed by atoms with Crippen molar-refractivity contribution in [2.45, 2.75) is 38.8 Å². The van der Waals surface area contributed by atoms with Crippen molar-refractivity contribution in [3.05, 3.63) is 65.0 Å². The highest BCUT2D eigenvalue weighted by Crippen LogP contribution is 2.25. The van der Waals surface area contributed by atoms with Gasteiger partial charge < -0.3 is 25.6 Å². The zero-order valence-electron chi connectivity index (χ0n) is 21.9. The van der Waals surface area contributed by atoms with E-state index < -0.39 is 35.8 Å². The van der Waals surface area contributed by atoms with Crippen LogP contribution in [0.2, 0.25) is 5.02 Å². The molecule has 2 amide bonds. The Bertz CT molecular complexity index is 1160. The summed E-state index contributed by atoms with van der Waals surface area (Å²) in [7, 11) is 3.31. The minimum atomic E-state index is -1.04. The number of carbonyl (C=O) groups is 3. The molecule has 0 radical (unpaired) electrons. The summed E-state index contributed by atoms with van der Waals surface area (Å²) in [5.74, 6) is -2.59. The van der Waals surface area contributed by atoms with Crippen LogP contribution in [-0.4, -0.2) is 63.6 Å². The summed E-state index contributed by atoms with van der Waals surface area (Å²) in [6.07, 6.45) is 7.86. The number of aliphatic hydroxyl groups is 1. The van der Waals surface area contributed by atoms with E-state index in [4.69, 9.17) is 21.4 Å². The van der Waals surface area contributed by atoms with Gasteiger partial charge in [-0.15, -0.1) is 0 Å². The van der Waals surface area contributed by atoms with Gasteiger partial charge in [0.15, 0.2) is 0 Å². The van der Waals surface area contributed by atoms with Crippen LogP contribution in [0.1, 0.15) is 31.5 Å². The summed E-state index contributed by atoms with van der Waals surface area (Å²) >= 11 is 6.20. The van der Waals surface area contributed by atoms with Crippen molar-refractivity contribution in [3.8, 4) is 5.75 Å². The molecule has 0 saturated carbocycles. The lowest BCUT2D eigenvalue weighted by Crippen LogP contribution is -2.48. The standard InChI is InChI=1S/C27H35ClN4O6/c1-17(8-10-20-12-13-30-32(20)3)23(33)6-5-7-25(34)31-22(26(35)29-16-18(2)27(36)37)15-19-9-11-24(38-4)21(28)14-19/h5,7-14,17-18,22-23,33H,6,15-16H2,1-4H3,(H,29,35)(H,31,34)(H,36,37)/b7-5+,10-8+/t17-,18?,22?,23+/m1/s1. The molecule has 1 aromatic heterocycles. The molecule has 0 aliphatic carbocycles. The van der Waals surface area contributed by atoms with Gasteiger partial charge in [0.05, 0.1) is 29.8 Å². The Morgan fingerprint density at radius 1 is 1.24 bits per heavy atom. The van der Waals surface area contributed by atoms with E-state index in [-0.39, 0.29) is 25.3 Å². The average Bonchev–Trinajstić information content (AvgIpc) is 3.29. The molecule has 38 heavy (non-hydrogen) atoms. The molecule has 0 spiro atoms. The third-order valence-electron chi connectivity index (χ3n) is 5.98. The topological polar surface area (TPSA) is 143 Å². The largest absolute Gasteiger partial charge is 0.495 e. The van der Waals surface area contributed by atoms with Gasteiger partial charge in [-0.3, -0.25) is 19.1 Å².